The second kappa shape index (κ2) is 12.4. The third-order valence-corrected chi connectivity index (χ3v) is 8.43. The van der Waals surface area contributed by atoms with Crippen LogP contribution >= 0.6 is 0 Å². The molecule has 5 rings (SSSR count). The van der Waals surface area contributed by atoms with Crippen LogP contribution in [-0.4, -0.2) is 70.9 Å². The molecule has 8 heteroatoms. The Morgan fingerprint density at radius 3 is 1.88 bits per heavy atom. The molecule has 1 aromatic rings. The molecule has 4 amide bonds. The topological polar surface area (TPSA) is 93.2 Å². The fraction of sp³-hybridized carbons (Fsp3) is 0.424. The third kappa shape index (κ3) is 5.31. The van der Waals surface area contributed by atoms with E-state index in [0.29, 0.717) is 6.54 Å². The quantitative estimate of drug-likeness (QED) is 0.179. The molecule has 1 aromatic carbocycles. The van der Waals surface area contributed by atoms with Crippen molar-refractivity contribution in [3.63, 3.8) is 0 Å². The lowest BCUT2D eigenvalue weighted by Crippen LogP contribution is -2.36. The number of hydrogen-bond donors (Lipinski definition) is 0. The molecule has 8 atom stereocenters. The monoisotopic (exact) mass is 556 g/mol. The average Bonchev–Trinajstić information content (AvgIpc) is 3.67. The van der Waals surface area contributed by atoms with E-state index in [1.54, 1.807) is 24.3 Å². The first-order chi connectivity index (χ1) is 19.9. The molecule has 0 N–H and O–H groups in total. The van der Waals surface area contributed by atoms with Gasteiger partial charge in [-0.2, -0.15) is 0 Å². The second-order valence-corrected chi connectivity index (χ2v) is 10.9. The van der Waals surface area contributed by atoms with Crippen molar-refractivity contribution >= 4 is 29.7 Å². The Balaban J connectivity index is 1.39. The molecule has 214 valence electrons. The van der Waals surface area contributed by atoms with E-state index in [9.17, 15) is 19.2 Å². The molecule has 4 saturated heterocycles. The van der Waals surface area contributed by atoms with Gasteiger partial charge in [0, 0.05) is 6.54 Å². The number of ether oxygens (including phenoxy) is 2. The van der Waals surface area contributed by atoms with Crippen LogP contribution < -0.4 is 0 Å². The number of hydrogen-bond acceptors (Lipinski definition) is 6. The highest BCUT2D eigenvalue weighted by Crippen LogP contribution is 2.44. The molecule has 8 nitrogen and oxygen atoms in total. The van der Waals surface area contributed by atoms with E-state index in [0.717, 1.165) is 24.8 Å². The Labute approximate surface area is 240 Å². The van der Waals surface area contributed by atoms with Crippen molar-refractivity contribution in [2.24, 2.45) is 23.7 Å². The normalized spacial score (nSPS) is 32.8. The summed E-state index contributed by atoms with van der Waals surface area (Å²) in [4.78, 5) is 55.9. The molecule has 4 heterocycles. The van der Waals surface area contributed by atoms with Crippen LogP contribution in [0.2, 0.25) is 0 Å². The number of carbonyl (C=O) groups is 4. The van der Waals surface area contributed by atoms with E-state index in [1.165, 1.54) is 9.80 Å². The molecular weight excluding hydrogens is 520 g/mol. The first kappa shape index (κ1) is 28.7. The van der Waals surface area contributed by atoms with Crippen molar-refractivity contribution < 1.29 is 28.7 Å². The zero-order chi connectivity index (χ0) is 29.1. The maximum absolute atomic E-state index is 13.4. The summed E-state index contributed by atoms with van der Waals surface area (Å²) in [5.74, 6) is -3.76. The molecule has 0 aliphatic carbocycles. The molecule has 4 aliphatic heterocycles. The van der Waals surface area contributed by atoms with Crippen LogP contribution in [0.5, 0.6) is 0 Å². The first-order valence-corrected chi connectivity index (χ1v) is 14.3. The first-order valence-electron chi connectivity index (χ1n) is 14.3. The number of carbonyl (C=O) groups excluding carboxylic acids is 4. The van der Waals surface area contributed by atoms with E-state index < -0.39 is 48.1 Å². The summed E-state index contributed by atoms with van der Waals surface area (Å²) in [7, 11) is 0. The maximum Gasteiger partial charge on any atom is 0.236 e. The second-order valence-electron chi connectivity index (χ2n) is 10.9. The highest BCUT2D eigenvalue weighted by Gasteiger charge is 2.60. The molecule has 4 aliphatic rings. The van der Waals surface area contributed by atoms with Gasteiger partial charge in [-0.1, -0.05) is 87.1 Å². The number of rotatable bonds is 11. The minimum absolute atomic E-state index is 0.0979. The summed E-state index contributed by atoms with van der Waals surface area (Å²) in [6.07, 6.45) is 10.4. The largest absolute Gasteiger partial charge is 0.365 e. The molecule has 0 radical (unpaired) electrons. The van der Waals surface area contributed by atoms with Crippen LogP contribution in [0.1, 0.15) is 31.7 Å². The summed E-state index contributed by atoms with van der Waals surface area (Å²) >= 11 is 0. The Bertz CT molecular complexity index is 1310. The number of imide groups is 2. The molecule has 0 saturated carbocycles. The lowest BCUT2D eigenvalue weighted by molar-refractivity contribution is -0.144. The number of fused-ring (bicyclic) bond motifs is 2. The van der Waals surface area contributed by atoms with Crippen molar-refractivity contribution in [1.82, 2.24) is 9.80 Å². The molecule has 4 unspecified atom stereocenters. The van der Waals surface area contributed by atoms with Gasteiger partial charge in [-0.15, -0.1) is 12.3 Å². The predicted octanol–water partition coefficient (Wildman–Crippen LogP) is 3.71. The minimum atomic E-state index is -0.721. The lowest BCUT2D eigenvalue weighted by atomic mass is 9.87. The third-order valence-electron chi connectivity index (χ3n) is 8.43. The number of amides is 4. The van der Waals surface area contributed by atoms with Gasteiger partial charge in [0.25, 0.3) is 0 Å². The maximum atomic E-state index is 13.4. The highest BCUT2D eigenvalue weighted by molar-refractivity contribution is 6.07. The molecule has 0 aromatic heterocycles. The highest BCUT2D eigenvalue weighted by atomic mass is 16.5. The van der Waals surface area contributed by atoms with Gasteiger partial charge in [0.15, 0.2) is 0 Å². The fourth-order valence-corrected chi connectivity index (χ4v) is 6.39. The molecule has 4 fully saturated rings. The Hall–Kier alpha value is -3.84. The Kier molecular flexibility index (Phi) is 8.64. The van der Waals surface area contributed by atoms with Crippen LogP contribution in [0.3, 0.4) is 0 Å². The lowest BCUT2D eigenvalue weighted by Gasteiger charge is -2.20. The van der Waals surface area contributed by atoms with Crippen LogP contribution in [0.15, 0.2) is 79.6 Å². The summed E-state index contributed by atoms with van der Waals surface area (Å²) in [5, 5.41) is 0. The zero-order valence-electron chi connectivity index (χ0n) is 23.3. The van der Waals surface area contributed by atoms with Gasteiger partial charge in [-0.05, 0) is 18.1 Å². The summed E-state index contributed by atoms with van der Waals surface area (Å²) in [6.45, 7) is 9.92. The summed E-state index contributed by atoms with van der Waals surface area (Å²) in [5.41, 5.74) is 3.57. The van der Waals surface area contributed by atoms with Crippen LogP contribution in [-0.2, 0) is 28.7 Å². The predicted molar refractivity (Wildman–Crippen MR) is 153 cm³/mol. The zero-order valence-corrected chi connectivity index (χ0v) is 23.3. The van der Waals surface area contributed by atoms with Gasteiger partial charge < -0.3 is 9.47 Å². The van der Waals surface area contributed by atoms with Gasteiger partial charge in [0.1, 0.15) is 0 Å². The van der Waals surface area contributed by atoms with Crippen LogP contribution in [0, 0.1) is 23.7 Å². The Morgan fingerprint density at radius 2 is 1.32 bits per heavy atom. The smallest absolute Gasteiger partial charge is 0.236 e. The number of benzene rings is 1. The van der Waals surface area contributed by atoms with Gasteiger partial charge in [-0.25, -0.2) is 0 Å². The summed E-state index contributed by atoms with van der Waals surface area (Å²) < 4.78 is 12.4. The van der Waals surface area contributed by atoms with Crippen LogP contribution in [0.25, 0.3) is 6.08 Å². The number of likely N-dealkylation sites (tertiary alicyclic amines) is 2. The van der Waals surface area contributed by atoms with Crippen molar-refractivity contribution in [2.45, 2.75) is 50.6 Å². The van der Waals surface area contributed by atoms with Crippen molar-refractivity contribution in [3.05, 3.63) is 85.2 Å². The van der Waals surface area contributed by atoms with Crippen molar-refractivity contribution in [2.75, 3.05) is 13.1 Å². The van der Waals surface area contributed by atoms with Gasteiger partial charge in [0.2, 0.25) is 23.6 Å². The van der Waals surface area contributed by atoms with E-state index >= 15 is 0 Å². The number of unbranched alkanes of at least 4 members (excludes halogenated alkanes) is 2. The standard InChI is InChI=1S/C33H36N2O6/c1-4-7-12-20-35-30(36)26-22(6-3)40-24(27(26)31(35)37)17-18-25-29-28(32(38)34(33(29)39)19-8-5-2)23(41-25)16-15-21-13-10-9-11-14-21/h6,8-11,13-18,22-29H,2-4,7,12,19-20H2,1H3/b16-15-,18-17-/t22?,23?,24?,25?,26-,27+,28+,29-/m1/s1. The van der Waals surface area contributed by atoms with E-state index in [4.69, 9.17) is 9.47 Å². The molecule has 0 bridgehead atoms. The van der Waals surface area contributed by atoms with E-state index in [2.05, 4.69) is 25.8 Å². The van der Waals surface area contributed by atoms with E-state index in [1.807, 2.05) is 42.5 Å². The fourth-order valence-electron chi connectivity index (χ4n) is 6.39. The molecule has 41 heavy (non-hydrogen) atoms. The van der Waals surface area contributed by atoms with Gasteiger partial charge >= 0.3 is 0 Å². The van der Waals surface area contributed by atoms with Crippen molar-refractivity contribution in [3.8, 4) is 0 Å². The average molecular weight is 557 g/mol. The number of nitrogens with zero attached hydrogens (tertiary/aromatic N) is 2. The summed E-state index contributed by atoms with van der Waals surface area (Å²) in [6, 6.07) is 9.64. The molecular formula is C33H36N2O6. The van der Waals surface area contributed by atoms with E-state index in [-0.39, 0.29) is 30.2 Å². The van der Waals surface area contributed by atoms with Gasteiger partial charge in [0.05, 0.1) is 54.6 Å². The Morgan fingerprint density at radius 1 is 0.780 bits per heavy atom. The van der Waals surface area contributed by atoms with Gasteiger partial charge in [-0.3, -0.25) is 29.0 Å². The van der Waals surface area contributed by atoms with Crippen LogP contribution in [0.4, 0.5) is 0 Å². The molecule has 0 spiro atoms. The SMILES string of the molecule is C=C=CCN1C(=O)[C@@H]2C(/C=C\C3OC(C=C)[C@H]4C(=O)N(CCCCC)C(=O)[C@@H]34)OC(/C=C\c3ccccc3)[C@@H]2C1=O. The van der Waals surface area contributed by atoms with Crippen molar-refractivity contribution in [1.29, 1.82) is 0 Å². The minimum Gasteiger partial charge on any atom is -0.365 e.